The van der Waals surface area contributed by atoms with Gasteiger partial charge in [-0.2, -0.15) is 0 Å². The van der Waals surface area contributed by atoms with Crippen LogP contribution in [0.5, 0.6) is 0 Å². The number of hydrogen-bond donors (Lipinski definition) is 0. The van der Waals surface area contributed by atoms with Gasteiger partial charge in [-0.15, -0.1) is 0 Å². The summed E-state index contributed by atoms with van der Waals surface area (Å²) in [5.74, 6) is 0. The molecular formula is C6H5Cl2HfN. The number of benzene rings is 1. The number of hydrogen-bond acceptors (Lipinski definition) is 1. The molecule has 1 nitrogen and oxygen atoms in total. The number of nitrogens with zero attached hydrogens (tertiary/aromatic N) is 1. The first-order valence-corrected chi connectivity index (χ1v) is 13.2. The van der Waals surface area contributed by atoms with Crippen molar-refractivity contribution in [1.82, 2.24) is 0 Å². The van der Waals surface area contributed by atoms with Gasteiger partial charge >= 0.3 is 75.0 Å². The Morgan fingerprint density at radius 2 is 1.70 bits per heavy atom. The Balaban J connectivity index is 2.87. The molecule has 0 aliphatic rings. The van der Waals surface area contributed by atoms with E-state index in [1.807, 2.05) is 30.3 Å². The fraction of sp³-hybridized carbons (Fsp3) is 0. The van der Waals surface area contributed by atoms with Gasteiger partial charge in [0.25, 0.3) is 0 Å². The van der Waals surface area contributed by atoms with Crippen LogP contribution in [-0.2, 0) is 18.9 Å². The van der Waals surface area contributed by atoms with Crippen molar-refractivity contribution < 1.29 is 18.9 Å². The van der Waals surface area contributed by atoms with E-state index in [0.717, 1.165) is 5.69 Å². The van der Waals surface area contributed by atoms with Crippen LogP contribution in [0.25, 0.3) is 0 Å². The summed E-state index contributed by atoms with van der Waals surface area (Å²) in [4.78, 5) is 0. The van der Waals surface area contributed by atoms with Crippen molar-refractivity contribution >= 4 is 22.8 Å². The molecule has 0 saturated heterocycles. The van der Waals surface area contributed by atoms with Crippen molar-refractivity contribution in [3.8, 4) is 0 Å². The molecule has 0 aromatic heterocycles. The molecule has 10 heavy (non-hydrogen) atoms. The zero-order valence-corrected chi connectivity index (χ0v) is 10.2. The zero-order chi connectivity index (χ0) is 7.40. The van der Waals surface area contributed by atoms with E-state index in [-0.39, 0.29) is 0 Å². The maximum absolute atomic E-state index is 5.62. The fourth-order valence-electron chi connectivity index (χ4n) is 0.600. The molecule has 0 amide bonds. The third-order valence-electron chi connectivity index (χ3n) is 0.970. The van der Waals surface area contributed by atoms with Crippen molar-refractivity contribution in [2.24, 2.45) is 2.92 Å². The molecule has 0 fully saturated rings. The molecule has 1 aromatic rings. The Hall–Kier alpha value is 0.470. The van der Waals surface area contributed by atoms with Crippen molar-refractivity contribution in [1.29, 1.82) is 0 Å². The molecule has 0 bridgehead atoms. The number of halogens is 2. The second kappa shape index (κ2) is 4.37. The summed E-state index contributed by atoms with van der Waals surface area (Å²) in [5.41, 5.74) is 0.898. The molecule has 1 aromatic carbocycles. The van der Waals surface area contributed by atoms with Crippen LogP contribution in [0.1, 0.15) is 0 Å². The van der Waals surface area contributed by atoms with Gasteiger partial charge in [-0.1, -0.05) is 0 Å². The van der Waals surface area contributed by atoms with E-state index in [4.69, 9.17) is 17.2 Å². The van der Waals surface area contributed by atoms with Gasteiger partial charge in [0.2, 0.25) is 0 Å². The zero-order valence-electron chi connectivity index (χ0n) is 5.09. The Kier molecular flexibility index (Phi) is 3.74. The summed E-state index contributed by atoms with van der Waals surface area (Å²) in [5, 5.41) is 0. The first kappa shape index (κ1) is 8.57. The van der Waals surface area contributed by atoms with Crippen molar-refractivity contribution in [3.05, 3.63) is 30.3 Å². The van der Waals surface area contributed by atoms with Crippen molar-refractivity contribution in [2.75, 3.05) is 0 Å². The van der Waals surface area contributed by atoms with Gasteiger partial charge in [0, 0.05) is 0 Å². The van der Waals surface area contributed by atoms with Gasteiger partial charge < -0.3 is 0 Å². The molecule has 0 radical (unpaired) electrons. The Morgan fingerprint density at radius 1 is 1.10 bits per heavy atom. The molecule has 52 valence electrons. The molecule has 1 rings (SSSR count). The van der Waals surface area contributed by atoms with E-state index in [2.05, 4.69) is 2.92 Å². The van der Waals surface area contributed by atoms with Crippen LogP contribution < -0.4 is 0 Å². The second-order valence-electron chi connectivity index (χ2n) is 1.69. The van der Waals surface area contributed by atoms with Gasteiger partial charge in [-0.3, -0.25) is 0 Å². The Bertz CT molecular complexity index is 231. The average Bonchev–Trinajstić information content (AvgIpc) is 1.88. The standard InChI is InChI=1S/C6H5N.2ClH.Hf/c7-6-4-2-1-3-5-6;;;/h1-5H;2*1H;/q;;;+2/p-2. The van der Waals surface area contributed by atoms with Crippen LogP contribution in [0.15, 0.2) is 33.2 Å². The van der Waals surface area contributed by atoms with Gasteiger partial charge in [0.05, 0.1) is 0 Å². The summed E-state index contributed by atoms with van der Waals surface area (Å²) >= 11 is -2.45. The van der Waals surface area contributed by atoms with Crippen LogP contribution in [0.3, 0.4) is 0 Å². The molecule has 0 heterocycles. The quantitative estimate of drug-likeness (QED) is 0.695. The van der Waals surface area contributed by atoms with Gasteiger partial charge in [-0.05, 0) is 0 Å². The topological polar surface area (TPSA) is 12.4 Å². The van der Waals surface area contributed by atoms with E-state index in [0.29, 0.717) is 0 Å². The summed E-state index contributed by atoms with van der Waals surface area (Å²) < 4.78 is 4.10. The van der Waals surface area contributed by atoms with Crippen LogP contribution >= 0.6 is 17.2 Å². The molecule has 0 aliphatic heterocycles. The van der Waals surface area contributed by atoms with Crippen LogP contribution in [0, 0.1) is 0 Å². The van der Waals surface area contributed by atoms with Gasteiger partial charge in [0.15, 0.2) is 0 Å². The van der Waals surface area contributed by atoms with Crippen molar-refractivity contribution in [3.63, 3.8) is 0 Å². The first-order chi connectivity index (χ1) is 4.79. The predicted octanol–water partition coefficient (Wildman–Crippen LogP) is 3.43. The molecule has 0 atom stereocenters. The second-order valence-corrected chi connectivity index (χ2v) is 11.7. The fourth-order valence-corrected chi connectivity index (χ4v) is 3.43. The van der Waals surface area contributed by atoms with Crippen LogP contribution in [0.4, 0.5) is 5.69 Å². The molecule has 0 aliphatic carbocycles. The summed E-state index contributed by atoms with van der Waals surface area (Å²) in [7, 11) is 11.2. The van der Waals surface area contributed by atoms with E-state index in [1.54, 1.807) is 0 Å². The summed E-state index contributed by atoms with van der Waals surface area (Å²) in [6.07, 6.45) is 0. The molecule has 0 N–H and O–H groups in total. The average molecular weight is 341 g/mol. The van der Waals surface area contributed by atoms with Crippen LogP contribution in [0.2, 0.25) is 0 Å². The third-order valence-corrected chi connectivity index (χ3v) is 3.89. The van der Waals surface area contributed by atoms with Crippen LogP contribution in [-0.4, -0.2) is 0 Å². The van der Waals surface area contributed by atoms with E-state index in [1.165, 1.54) is 0 Å². The molecule has 4 heteroatoms. The normalized spacial score (nSPS) is 9.00. The molecule has 0 saturated carbocycles. The predicted molar refractivity (Wildman–Crippen MR) is 40.2 cm³/mol. The van der Waals surface area contributed by atoms with Gasteiger partial charge in [-0.25, -0.2) is 0 Å². The first-order valence-electron chi connectivity index (χ1n) is 2.74. The monoisotopic (exact) mass is 341 g/mol. The van der Waals surface area contributed by atoms with Crippen molar-refractivity contribution in [2.45, 2.75) is 0 Å². The Labute approximate surface area is 74.6 Å². The molecule has 0 spiro atoms. The van der Waals surface area contributed by atoms with Gasteiger partial charge in [0.1, 0.15) is 0 Å². The molecular weight excluding hydrogens is 335 g/mol. The molecule has 0 unspecified atom stereocenters. The maximum atomic E-state index is 5.62. The number of rotatable bonds is 1. The summed E-state index contributed by atoms with van der Waals surface area (Å²) in [6, 6.07) is 9.57. The van der Waals surface area contributed by atoms with E-state index < -0.39 is 18.9 Å². The Morgan fingerprint density at radius 3 is 2.20 bits per heavy atom. The van der Waals surface area contributed by atoms with E-state index in [9.17, 15) is 0 Å². The minimum absolute atomic E-state index is 0.898. The SMILES string of the molecule is [Cl][Hf]([Cl])=[N]c1ccccc1. The summed E-state index contributed by atoms with van der Waals surface area (Å²) in [6.45, 7) is 0. The third kappa shape index (κ3) is 3.04. The minimum atomic E-state index is -2.45. The van der Waals surface area contributed by atoms with E-state index >= 15 is 0 Å².